The molecule has 0 aliphatic rings. The predicted molar refractivity (Wildman–Crippen MR) is 79.8 cm³/mol. The van der Waals surface area contributed by atoms with Crippen LogP contribution >= 0.6 is 11.8 Å². The van der Waals surface area contributed by atoms with Crippen molar-refractivity contribution in [1.29, 1.82) is 0 Å². The zero-order chi connectivity index (χ0) is 15.0. The van der Waals surface area contributed by atoms with Crippen molar-refractivity contribution in [2.24, 2.45) is 0 Å². The van der Waals surface area contributed by atoms with Crippen LogP contribution in [-0.4, -0.2) is 41.5 Å². The van der Waals surface area contributed by atoms with Crippen LogP contribution in [0.25, 0.3) is 0 Å². The molecule has 20 heavy (non-hydrogen) atoms. The van der Waals surface area contributed by atoms with Gasteiger partial charge in [-0.3, -0.25) is 14.4 Å². The molecule has 0 aliphatic heterocycles. The normalized spacial score (nSPS) is 10.1. The van der Waals surface area contributed by atoms with Crippen molar-refractivity contribution >= 4 is 23.6 Å². The maximum atomic E-state index is 11.6. The average molecular weight is 297 g/mol. The van der Waals surface area contributed by atoms with E-state index in [0.29, 0.717) is 13.1 Å². The fraction of sp³-hybridized carbons (Fsp3) is 0.462. The first-order chi connectivity index (χ1) is 9.52. The highest BCUT2D eigenvalue weighted by Crippen LogP contribution is 1.98. The van der Waals surface area contributed by atoms with Crippen LogP contribution in [0.1, 0.15) is 5.56 Å². The Kier molecular flexibility index (Phi) is 6.86. The van der Waals surface area contributed by atoms with E-state index in [9.17, 15) is 14.4 Å². The number of carbonyl (C=O) groups is 2. The Bertz CT molecular complexity index is 528. The largest absolute Gasteiger partial charge is 0.358 e. The quantitative estimate of drug-likeness (QED) is 0.727. The number of amides is 2. The predicted octanol–water partition coefficient (Wildman–Crippen LogP) is -0.248. The number of hydrogen-bond acceptors (Lipinski definition) is 4. The number of carbonyl (C=O) groups excluding carboxylic acids is 2. The van der Waals surface area contributed by atoms with Crippen LogP contribution in [0.2, 0.25) is 0 Å². The molecular formula is C13H19N3O3S. The van der Waals surface area contributed by atoms with Crippen LogP contribution in [0.4, 0.5) is 0 Å². The number of thioether (sulfide) groups is 1. The summed E-state index contributed by atoms with van der Waals surface area (Å²) in [7, 11) is 1.56. The number of nitrogens with one attached hydrogen (secondary N) is 2. The summed E-state index contributed by atoms with van der Waals surface area (Å²) in [4.78, 5) is 34.0. The van der Waals surface area contributed by atoms with Gasteiger partial charge >= 0.3 is 0 Å². The third kappa shape index (κ3) is 5.92. The van der Waals surface area contributed by atoms with Gasteiger partial charge in [0.15, 0.2) is 0 Å². The summed E-state index contributed by atoms with van der Waals surface area (Å²) >= 11 is 1.25. The lowest BCUT2D eigenvalue weighted by molar-refractivity contribution is -0.118. The van der Waals surface area contributed by atoms with Gasteiger partial charge in [0.2, 0.25) is 11.8 Å². The molecule has 0 fully saturated rings. The Balaban J connectivity index is 2.25. The highest BCUT2D eigenvalue weighted by atomic mass is 32.2. The fourth-order valence-corrected chi connectivity index (χ4v) is 2.19. The minimum absolute atomic E-state index is 0.0757. The first kappa shape index (κ1) is 16.3. The third-order valence-corrected chi connectivity index (χ3v) is 3.50. The lowest BCUT2D eigenvalue weighted by Gasteiger charge is -2.07. The molecular weight excluding hydrogens is 278 g/mol. The molecule has 110 valence electrons. The summed E-state index contributed by atoms with van der Waals surface area (Å²) < 4.78 is 1.55. The molecule has 1 aromatic rings. The van der Waals surface area contributed by atoms with Crippen LogP contribution in [0.15, 0.2) is 23.1 Å². The monoisotopic (exact) mass is 297 g/mol. The number of aromatic nitrogens is 1. The van der Waals surface area contributed by atoms with Crippen molar-refractivity contribution in [2.75, 3.05) is 25.1 Å². The second kappa shape index (κ2) is 8.42. The van der Waals surface area contributed by atoms with Crippen LogP contribution in [-0.2, 0) is 16.1 Å². The van der Waals surface area contributed by atoms with Gasteiger partial charge in [0.05, 0.1) is 11.5 Å². The van der Waals surface area contributed by atoms with Gasteiger partial charge in [0.25, 0.3) is 5.56 Å². The summed E-state index contributed by atoms with van der Waals surface area (Å²) in [5, 5.41) is 5.20. The van der Waals surface area contributed by atoms with E-state index in [0.717, 1.165) is 5.56 Å². The van der Waals surface area contributed by atoms with Gasteiger partial charge in [0.1, 0.15) is 0 Å². The smallest absolute Gasteiger partial charge is 0.250 e. The van der Waals surface area contributed by atoms with E-state index < -0.39 is 0 Å². The lowest BCUT2D eigenvalue weighted by atomic mass is 10.3. The minimum Gasteiger partial charge on any atom is -0.358 e. The standard InChI is InChI=1S/C13H19N3O3S/c1-10-3-5-16(13(19)7-10)6-4-15-12(18)9-20-8-11(17)14-2/h3,5,7H,4,6,8-9H2,1-2H3,(H,14,17)(H,15,18). The van der Waals surface area contributed by atoms with Crippen molar-refractivity contribution in [2.45, 2.75) is 13.5 Å². The maximum absolute atomic E-state index is 11.6. The molecule has 0 spiro atoms. The van der Waals surface area contributed by atoms with Gasteiger partial charge in [-0.25, -0.2) is 0 Å². The van der Waals surface area contributed by atoms with Crippen molar-refractivity contribution in [1.82, 2.24) is 15.2 Å². The second-order valence-corrected chi connectivity index (χ2v) is 5.24. The Morgan fingerprint density at radius 3 is 2.65 bits per heavy atom. The van der Waals surface area contributed by atoms with Crippen LogP contribution in [0.3, 0.4) is 0 Å². The van der Waals surface area contributed by atoms with E-state index in [1.165, 1.54) is 11.8 Å². The van der Waals surface area contributed by atoms with E-state index in [1.807, 2.05) is 13.0 Å². The van der Waals surface area contributed by atoms with Crippen molar-refractivity contribution in [3.63, 3.8) is 0 Å². The zero-order valence-electron chi connectivity index (χ0n) is 11.6. The highest BCUT2D eigenvalue weighted by molar-refractivity contribution is 8.00. The summed E-state index contributed by atoms with van der Waals surface area (Å²) in [6.07, 6.45) is 1.71. The molecule has 0 aliphatic carbocycles. The first-order valence-corrected chi connectivity index (χ1v) is 7.40. The fourth-order valence-electron chi connectivity index (χ4n) is 1.47. The number of rotatable bonds is 7. The van der Waals surface area contributed by atoms with Crippen molar-refractivity contribution < 1.29 is 9.59 Å². The van der Waals surface area contributed by atoms with E-state index in [4.69, 9.17) is 0 Å². The van der Waals surface area contributed by atoms with Gasteiger partial charge in [-0.1, -0.05) is 0 Å². The topological polar surface area (TPSA) is 80.2 Å². The Labute approximate surface area is 121 Å². The molecule has 1 aromatic heterocycles. The SMILES string of the molecule is CNC(=O)CSCC(=O)NCCn1ccc(C)cc1=O. The van der Waals surface area contributed by atoms with E-state index in [1.54, 1.807) is 23.9 Å². The summed E-state index contributed by atoms with van der Waals surface area (Å²) in [6, 6.07) is 3.41. The molecule has 0 bridgehead atoms. The minimum atomic E-state index is -0.140. The summed E-state index contributed by atoms with van der Waals surface area (Å²) in [5.41, 5.74) is 0.842. The third-order valence-electron chi connectivity index (χ3n) is 2.57. The molecule has 6 nitrogen and oxygen atoms in total. The first-order valence-electron chi connectivity index (χ1n) is 6.25. The summed E-state index contributed by atoms with van der Waals surface area (Å²) in [6.45, 7) is 2.69. The molecule has 0 radical (unpaired) electrons. The Morgan fingerprint density at radius 1 is 1.30 bits per heavy atom. The molecule has 0 unspecified atom stereocenters. The molecule has 7 heteroatoms. The lowest BCUT2D eigenvalue weighted by Crippen LogP contribution is -2.32. The molecule has 2 amide bonds. The number of nitrogens with zero attached hydrogens (tertiary/aromatic N) is 1. The molecule has 0 saturated heterocycles. The second-order valence-electron chi connectivity index (χ2n) is 4.25. The number of hydrogen-bond donors (Lipinski definition) is 2. The van der Waals surface area contributed by atoms with Gasteiger partial charge < -0.3 is 15.2 Å². The van der Waals surface area contributed by atoms with Gasteiger partial charge in [0, 0.05) is 32.4 Å². The zero-order valence-corrected chi connectivity index (χ0v) is 12.5. The molecule has 0 atom stereocenters. The Morgan fingerprint density at radius 2 is 2.00 bits per heavy atom. The summed E-state index contributed by atoms with van der Waals surface area (Å²) in [5.74, 6) is 0.255. The van der Waals surface area contributed by atoms with E-state index >= 15 is 0 Å². The molecule has 0 aromatic carbocycles. The molecule has 1 heterocycles. The number of aryl methyl sites for hydroxylation is 1. The highest BCUT2D eigenvalue weighted by Gasteiger charge is 2.04. The van der Waals surface area contributed by atoms with Gasteiger partial charge in [-0.05, 0) is 18.6 Å². The maximum Gasteiger partial charge on any atom is 0.250 e. The van der Waals surface area contributed by atoms with Crippen molar-refractivity contribution in [3.05, 3.63) is 34.2 Å². The van der Waals surface area contributed by atoms with Crippen LogP contribution < -0.4 is 16.2 Å². The van der Waals surface area contributed by atoms with E-state index in [2.05, 4.69) is 10.6 Å². The van der Waals surface area contributed by atoms with Crippen LogP contribution in [0.5, 0.6) is 0 Å². The average Bonchev–Trinajstić information content (AvgIpc) is 2.41. The van der Waals surface area contributed by atoms with Crippen molar-refractivity contribution in [3.8, 4) is 0 Å². The molecule has 0 saturated carbocycles. The Hall–Kier alpha value is -1.76. The molecule has 1 rings (SSSR count). The molecule has 2 N–H and O–H groups in total. The van der Waals surface area contributed by atoms with E-state index in [-0.39, 0.29) is 28.9 Å². The van der Waals surface area contributed by atoms with Gasteiger partial charge in [-0.2, -0.15) is 0 Å². The van der Waals surface area contributed by atoms with Crippen LogP contribution in [0, 0.1) is 6.92 Å². The number of pyridine rings is 1. The van der Waals surface area contributed by atoms with Gasteiger partial charge in [-0.15, -0.1) is 11.8 Å².